The van der Waals surface area contributed by atoms with E-state index in [1.807, 2.05) is 17.5 Å². The maximum Gasteiger partial charge on any atom is 0.188 e. The second-order valence-corrected chi connectivity index (χ2v) is 4.66. The van der Waals surface area contributed by atoms with E-state index in [9.17, 15) is 13.6 Å². The Kier molecular flexibility index (Phi) is 4.17. The predicted molar refractivity (Wildman–Crippen MR) is 64.7 cm³/mol. The van der Waals surface area contributed by atoms with Gasteiger partial charge in [-0.25, -0.2) is 8.78 Å². The van der Waals surface area contributed by atoms with E-state index >= 15 is 0 Å². The fourth-order valence-corrected chi connectivity index (χ4v) is 2.03. The summed E-state index contributed by atoms with van der Waals surface area (Å²) >= 11 is 1.53. The summed E-state index contributed by atoms with van der Waals surface area (Å²) in [5.41, 5.74) is 0.111. The van der Waals surface area contributed by atoms with E-state index in [0.717, 1.165) is 17.0 Å². The Morgan fingerprint density at radius 3 is 2.72 bits per heavy atom. The molecule has 0 saturated carbocycles. The highest BCUT2D eigenvalue weighted by Gasteiger charge is 2.10. The Morgan fingerprint density at radius 1 is 1.22 bits per heavy atom. The summed E-state index contributed by atoms with van der Waals surface area (Å²) in [5, 5.41) is 1.91. The molecule has 1 heterocycles. The van der Waals surface area contributed by atoms with E-state index < -0.39 is 11.6 Å². The number of rotatable bonds is 5. The average molecular weight is 268 g/mol. The number of hydrogen-bond acceptors (Lipinski definition) is 3. The lowest BCUT2D eigenvalue weighted by atomic mass is 10.1. The van der Waals surface area contributed by atoms with Crippen LogP contribution in [-0.4, -0.2) is 12.4 Å². The minimum atomic E-state index is -1.03. The number of halogens is 2. The second-order valence-electron chi connectivity index (χ2n) is 3.62. The van der Waals surface area contributed by atoms with E-state index in [1.54, 1.807) is 0 Å². The molecule has 18 heavy (non-hydrogen) atoms. The first-order chi connectivity index (χ1) is 8.66. The van der Waals surface area contributed by atoms with Crippen molar-refractivity contribution < 1.29 is 18.3 Å². The first-order valence-corrected chi connectivity index (χ1v) is 6.13. The number of carbonyl (C=O) groups is 1. The summed E-state index contributed by atoms with van der Waals surface area (Å²) in [6.07, 6.45) is 0. The Balaban J connectivity index is 1.89. The number of carbonyl (C=O) groups excluding carboxylic acids is 1. The minimum absolute atomic E-state index is 0.111. The van der Waals surface area contributed by atoms with Crippen molar-refractivity contribution in [2.75, 3.05) is 6.61 Å². The third-order valence-corrected chi connectivity index (χ3v) is 3.15. The van der Waals surface area contributed by atoms with Crippen molar-refractivity contribution in [2.24, 2.45) is 0 Å². The lowest BCUT2D eigenvalue weighted by Crippen LogP contribution is -2.09. The highest BCUT2D eigenvalue weighted by molar-refractivity contribution is 7.09. The van der Waals surface area contributed by atoms with Crippen LogP contribution < -0.4 is 0 Å². The van der Waals surface area contributed by atoms with E-state index in [1.165, 1.54) is 17.4 Å². The molecule has 0 aliphatic carbocycles. The number of benzene rings is 1. The number of hydrogen-bond donors (Lipinski definition) is 0. The summed E-state index contributed by atoms with van der Waals surface area (Å²) in [7, 11) is 0. The molecular weight excluding hydrogens is 258 g/mol. The molecule has 0 aliphatic rings. The van der Waals surface area contributed by atoms with Crippen LogP contribution in [-0.2, 0) is 11.3 Å². The fourth-order valence-electron chi connectivity index (χ4n) is 1.39. The van der Waals surface area contributed by atoms with Crippen LogP contribution in [0.3, 0.4) is 0 Å². The van der Waals surface area contributed by atoms with Gasteiger partial charge in [0.15, 0.2) is 17.4 Å². The molecular formula is C13H10F2O2S. The van der Waals surface area contributed by atoms with Crippen molar-refractivity contribution in [1.29, 1.82) is 0 Å². The minimum Gasteiger partial charge on any atom is -0.368 e. The number of Topliss-reactive ketones (excluding diaryl/α,β-unsaturated/α-hetero) is 1. The van der Waals surface area contributed by atoms with Crippen molar-refractivity contribution in [1.82, 2.24) is 0 Å². The van der Waals surface area contributed by atoms with Crippen LogP contribution >= 0.6 is 11.3 Å². The summed E-state index contributed by atoms with van der Waals surface area (Å²) in [6, 6.07) is 6.84. The fraction of sp³-hybridized carbons (Fsp3) is 0.154. The first-order valence-electron chi connectivity index (χ1n) is 5.25. The maximum absolute atomic E-state index is 12.9. The summed E-state index contributed by atoms with van der Waals surface area (Å²) in [6.45, 7) is 0.191. The first kappa shape index (κ1) is 12.9. The number of ether oxygens (including phenoxy) is 1. The Labute approximate surface area is 107 Å². The van der Waals surface area contributed by atoms with Gasteiger partial charge in [0.25, 0.3) is 0 Å². The maximum atomic E-state index is 12.9. The lowest BCUT2D eigenvalue weighted by Gasteiger charge is -2.03. The molecule has 1 aromatic heterocycles. The molecule has 2 aromatic rings. The predicted octanol–water partition coefficient (Wildman–Crippen LogP) is 3.43. The van der Waals surface area contributed by atoms with Crippen molar-refractivity contribution in [3.63, 3.8) is 0 Å². The normalized spacial score (nSPS) is 10.6. The summed E-state index contributed by atoms with van der Waals surface area (Å²) in [4.78, 5) is 12.6. The molecule has 0 amide bonds. The van der Waals surface area contributed by atoms with Crippen LogP contribution in [0.4, 0.5) is 8.78 Å². The third kappa shape index (κ3) is 3.21. The average Bonchev–Trinajstić information content (AvgIpc) is 2.85. The molecule has 0 spiro atoms. The molecule has 5 heteroatoms. The largest absolute Gasteiger partial charge is 0.368 e. The van der Waals surface area contributed by atoms with Gasteiger partial charge in [-0.15, -0.1) is 11.3 Å². The Hall–Kier alpha value is -1.59. The van der Waals surface area contributed by atoms with Crippen molar-refractivity contribution >= 4 is 17.1 Å². The molecule has 0 saturated heterocycles. The van der Waals surface area contributed by atoms with Crippen LogP contribution in [0.25, 0.3) is 0 Å². The van der Waals surface area contributed by atoms with E-state index in [0.29, 0.717) is 6.61 Å². The van der Waals surface area contributed by atoms with Gasteiger partial charge in [-0.1, -0.05) is 6.07 Å². The molecule has 2 rings (SSSR count). The molecule has 0 aliphatic heterocycles. The van der Waals surface area contributed by atoms with Crippen molar-refractivity contribution in [3.05, 3.63) is 57.8 Å². The molecule has 0 fully saturated rings. The van der Waals surface area contributed by atoms with E-state index in [-0.39, 0.29) is 18.0 Å². The van der Waals surface area contributed by atoms with Gasteiger partial charge in [0, 0.05) is 10.4 Å². The van der Waals surface area contributed by atoms with Gasteiger partial charge in [0.2, 0.25) is 0 Å². The van der Waals surface area contributed by atoms with Gasteiger partial charge >= 0.3 is 0 Å². The standard InChI is InChI=1S/C13H10F2O2S/c14-11-4-3-9(6-12(11)15)13(16)8-17-7-10-2-1-5-18-10/h1-6H,7-8H2. The SMILES string of the molecule is O=C(COCc1cccs1)c1ccc(F)c(F)c1. The highest BCUT2D eigenvalue weighted by atomic mass is 32.1. The second kappa shape index (κ2) is 5.84. The molecule has 0 radical (unpaired) electrons. The zero-order chi connectivity index (χ0) is 13.0. The molecule has 94 valence electrons. The van der Waals surface area contributed by atoms with Crippen molar-refractivity contribution in [3.8, 4) is 0 Å². The Bertz CT molecular complexity index is 538. The monoisotopic (exact) mass is 268 g/mol. The van der Waals surface area contributed by atoms with Gasteiger partial charge in [0.1, 0.15) is 6.61 Å². The molecule has 0 atom stereocenters. The van der Waals surface area contributed by atoms with Gasteiger partial charge in [-0.2, -0.15) is 0 Å². The third-order valence-electron chi connectivity index (χ3n) is 2.30. The number of thiophene rings is 1. The highest BCUT2D eigenvalue weighted by Crippen LogP contribution is 2.12. The van der Waals surface area contributed by atoms with Crippen LogP contribution in [0.5, 0.6) is 0 Å². The van der Waals surface area contributed by atoms with Crippen LogP contribution in [0.1, 0.15) is 15.2 Å². The van der Waals surface area contributed by atoms with Gasteiger partial charge in [0.05, 0.1) is 6.61 Å². The van der Waals surface area contributed by atoms with E-state index in [2.05, 4.69) is 0 Å². The molecule has 0 unspecified atom stereocenters. The smallest absolute Gasteiger partial charge is 0.188 e. The quantitative estimate of drug-likeness (QED) is 0.777. The van der Waals surface area contributed by atoms with E-state index in [4.69, 9.17) is 4.74 Å². The van der Waals surface area contributed by atoms with Crippen LogP contribution in [0.15, 0.2) is 35.7 Å². The molecule has 1 aromatic carbocycles. The van der Waals surface area contributed by atoms with Gasteiger partial charge in [-0.3, -0.25) is 4.79 Å². The van der Waals surface area contributed by atoms with Crippen molar-refractivity contribution in [2.45, 2.75) is 6.61 Å². The van der Waals surface area contributed by atoms with Gasteiger partial charge < -0.3 is 4.74 Å². The molecule has 2 nitrogen and oxygen atoms in total. The summed E-state index contributed by atoms with van der Waals surface area (Å²) in [5.74, 6) is -2.37. The van der Waals surface area contributed by atoms with Crippen LogP contribution in [0.2, 0.25) is 0 Å². The molecule has 0 bridgehead atoms. The number of ketones is 1. The van der Waals surface area contributed by atoms with Crippen LogP contribution in [0, 0.1) is 11.6 Å². The molecule has 0 N–H and O–H groups in total. The zero-order valence-corrected chi connectivity index (χ0v) is 10.2. The van der Waals surface area contributed by atoms with Gasteiger partial charge in [-0.05, 0) is 29.6 Å². The Morgan fingerprint density at radius 2 is 2.06 bits per heavy atom. The summed E-state index contributed by atoms with van der Waals surface area (Å²) < 4.78 is 30.8. The topological polar surface area (TPSA) is 26.3 Å². The zero-order valence-electron chi connectivity index (χ0n) is 9.36. The lowest BCUT2D eigenvalue weighted by molar-refractivity contribution is 0.0731.